The molecule has 0 amide bonds. The van der Waals surface area contributed by atoms with Crippen LogP contribution in [0.3, 0.4) is 0 Å². The summed E-state index contributed by atoms with van der Waals surface area (Å²) in [5.41, 5.74) is 6.30. The SMILES string of the molecule is CCN(CCCN(C)C)C(C)(CN)CC1CCC1. The molecule has 0 spiro atoms. The molecule has 2 N–H and O–H groups in total. The van der Waals surface area contributed by atoms with Crippen molar-refractivity contribution in [3.63, 3.8) is 0 Å². The van der Waals surface area contributed by atoms with Gasteiger partial charge >= 0.3 is 0 Å². The summed E-state index contributed by atoms with van der Waals surface area (Å²) in [6.07, 6.45) is 6.80. The van der Waals surface area contributed by atoms with Crippen molar-refractivity contribution in [3.8, 4) is 0 Å². The Morgan fingerprint density at radius 1 is 1.22 bits per heavy atom. The van der Waals surface area contributed by atoms with Crippen LogP contribution in [-0.2, 0) is 0 Å². The van der Waals surface area contributed by atoms with Crippen molar-refractivity contribution in [2.24, 2.45) is 11.7 Å². The molecule has 1 unspecified atom stereocenters. The molecule has 1 aliphatic rings. The average Bonchev–Trinajstić information content (AvgIpc) is 2.29. The van der Waals surface area contributed by atoms with E-state index in [4.69, 9.17) is 5.73 Å². The molecular weight excluding hydrogens is 222 g/mol. The fraction of sp³-hybridized carbons (Fsp3) is 1.00. The summed E-state index contributed by atoms with van der Waals surface area (Å²) in [5.74, 6) is 0.932. The Morgan fingerprint density at radius 2 is 1.89 bits per heavy atom. The molecule has 0 saturated heterocycles. The number of hydrogen-bond donors (Lipinski definition) is 1. The molecular formula is C15H33N3. The van der Waals surface area contributed by atoms with Crippen molar-refractivity contribution in [3.05, 3.63) is 0 Å². The molecule has 18 heavy (non-hydrogen) atoms. The number of nitrogens with zero attached hydrogens (tertiary/aromatic N) is 2. The maximum atomic E-state index is 6.09. The fourth-order valence-electron chi connectivity index (χ4n) is 3.05. The highest BCUT2D eigenvalue weighted by atomic mass is 15.2. The van der Waals surface area contributed by atoms with Gasteiger partial charge in [-0.25, -0.2) is 0 Å². The summed E-state index contributed by atoms with van der Waals surface area (Å²) < 4.78 is 0. The highest BCUT2D eigenvalue weighted by Crippen LogP contribution is 2.35. The van der Waals surface area contributed by atoms with E-state index in [1.165, 1.54) is 45.2 Å². The molecule has 0 aromatic rings. The molecule has 1 aliphatic carbocycles. The maximum Gasteiger partial charge on any atom is 0.0306 e. The Labute approximate surface area is 114 Å². The van der Waals surface area contributed by atoms with E-state index in [1.54, 1.807) is 0 Å². The van der Waals surface area contributed by atoms with Gasteiger partial charge in [-0.2, -0.15) is 0 Å². The first-order valence-corrected chi connectivity index (χ1v) is 7.61. The zero-order valence-electron chi connectivity index (χ0n) is 12.9. The highest BCUT2D eigenvalue weighted by Gasteiger charge is 2.33. The summed E-state index contributed by atoms with van der Waals surface area (Å²) in [4.78, 5) is 4.87. The highest BCUT2D eigenvalue weighted by molar-refractivity contribution is 4.91. The van der Waals surface area contributed by atoms with E-state index in [2.05, 4.69) is 37.7 Å². The lowest BCUT2D eigenvalue weighted by Gasteiger charge is -2.44. The van der Waals surface area contributed by atoms with Crippen molar-refractivity contribution in [2.45, 2.75) is 51.5 Å². The normalized spacial score (nSPS) is 20.2. The largest absolute Gasteiger partial charge is 0.329 e. The molecule has 1 atom stereocenters. The number of rotatable bonds is 9. The lowest BCUT2D eigenvalue weighted by atomic mass is 9.76. The van der Waals surface area contributed by atoms with E-state index in [9.17, 15) is 0 Å². The monoisotopic (exact) mass is 255 g/mol. The van der Waals surface area contributed by atoms with E-state index >= 15 is 0 Å². The molecule has 0 aromatic heterocycles. The second kappa shape index (κ2) is 7.46. The summed E-state index contributed by atoms with van der Waals surface area (Å²) in [7, 11) is 4.29. The Kier molecular flexibility index (Phi) is 6.61. The molecule has 1 saturated carbocycles. The summed E-state index contributed by atoms with van der Waals surface area (Å²) in [6.45, 7) is 8.89. The minimum Gasteiger partial charge on any atom is -0.329 e. The number of likely N-dealkylation sites (N-methyl/N-ethyl adjacent to an activating group) is 1. The summed E-state index contributed by atoms with van der Waals surface area (Å²) >= 11 is 0. The van der Waals surface area contributed by atoms with Crippen molar-refractivity contribution in [1.29, 1.82) is 0 Å². The van der Waals surface area contributed by atoms with Gasteiger partial charge in [0.25, 0.3) is 0 Å². The minimum atomic E-state index is 0.214. The average molecular weight is 255 g/mol. The molecule has 0 radical (unpaired) electrons. The van der Waals surface area contributed by atoms with Gasteiger partial charge in [-0.1, -0.05) is 26.2 Å². The topological polar surface area (TPSA) is 32.5 Å². The van der Waals surface area contributed by atoms with Crippen LogP contribution < -0.4 is 5.73 Å². The van der Waals surface area contributed by atoms with Gasteiger partial charge in [0.05, 0.1) is 0 Å². The van der Waals surface area contributed by atoms with Gasteiger partial charge in [-0.05, 0) is 59.4 Å². The van der Waals surface area contributed by atoms with Gasteiger partial charge in [0.15, 0.2) is 0 Å². The third-order valence-electron chi connectivity index (χ3n) is 4.57. The molecule has 108 valence electrons. The van der Waals surface area contributed by atoms with Crippen LogP contribution in [-0.4, -0.2) is 55.6 Å². The van der Waals surface area contributed by atoms with E-state index in [0.29, 0.717) is 0 Å². The fourth-order valence-corrected chi connectivity index (χ4v) is 3.05. The van der Waals surface area contributed by atoms with Crippen molar-refractivity contribution < 1.29 is 0 Å². The standard InChI is InChI=1S/C15H33N3/c1-5-18(11-7-10-17(3)4)15(2,13-16)12-14-8-6-9-14/h14H,5-13,16H2,1-4H3. The minimum absolute atomic E-state index is 0.214. The smallest absolute Gasteiger partial charge is 0.0306 e. The maximum absolute atomic E-state index is 6.09. The van der Waals surface area contributed by atoms with Crippen LogP contribution >= 0.6 is 0 Å². The Bertz CT molecular complexity index is 226. The molecule has 1 rings (SSSR count). The van der Waals surface area contributed by atoms with Crippen molar-refractivity contribution in [2.75, 3.05) is 40.3 Å². The number of nitrogens with two attached hydrogens (primary N) is 1. The molecule has 0 aromatic carbocycles. The molecule has 3 heteroatoms. The van der Waals surface area contributed by atoms with E-state index in [-0.39, 0.29) is 5.54 Å². The van der Waals surface area contributed by atoms with Crippen LogP contribution in [0.25, 0.3) is 0 Å². The lowest BCUT2D eigenvalue weighted by molar-refractivity contribution is 0.0696. The Balaban J connectivity index is 2.46. The van der Waals surface area contributed by atoms with Crippen molar-refractivity contribution >= 4 is 0 Å². The van der Waals surface area contributed by atoms with Crippen LogP contribution in [0.2, 0.25) is 0 Å². The Morgan fingerprint density at radius 3 is 2.28 bits per heavy atom. The first-order chi connectivity index (χ1) is 8.51. The first-order valence-electron chi connectivity index (χ1n) is 7.61. The summed E-state index contributed by atoms with van der Waals surface area (Å²) in [5, 5.41) is 0. The third kappa shape index (κ3) is 4.52. The quantitative estimate of drug-likeness (QED) is 0.685. The van der Waals surface area contributed by atoms with Gasteiger partial charge in [-0.15, -0.1) is 0 Å². The number of hydrogen-bond acceptors (Lipinski definition) is 3. The summed E-state index contributed by atoms with van der Waals surface area (Å²) in [6, 6.07) is 0. The zero-order valence-corrected chi connectivity index (χ0v) is 12.9. The molecule has 1 fully saturated rings. The van der Waals surface area contributed by atoms with Gasteiger partial charge in [0.1, 0.15) is 0 Å². The predicted octanol–water partition coefficient (Wildman–Crippen LogP) is 2.17. The zero-order chi connectivity index (χ0) is 13.6. The lowest BCUT2D eigenvalue weighted by Crippen LogP contribution is -2.53. The molecule has 0 heterocycles. The van der Waals surface area contributed by atoms with E-state index in [0.717, 1.165) is 19.0 Å². The van der Waals surface area contributed by atoms with Gasteiger partial charge in [-0.3, -0.25) is 4.90 Å². The first kappa shape index (κ1) is 15.9. The van der Waals surface area contributed by atoms with Gasteiger partial charge in [0, 0.05) is 12.1 Å². The van der Waals surface area contributed by atoms with Crippen LogP contribution in [0.5, 0.6) is 0 Å². The van der Waals surface area contributed by atoms with Crippen molar-refractivity contribution in [1.82, 2.24) is 9.80 Å². The molecule has 3 nitrogen and oxygen atoms in total. The van der Waals surface area contributed by atoms with E-state index in [1.807, 2.05) is 0 Å². The van der Waals surface area contributed by atoms with Gasteiger partial charge in [0.2, 0.25) is 0 Å². The van der Waals surface area contributed by atoms with Crippen LogP contribution in [0.4, 0.5) is 0 Å². The Hall–Kier alpha value is -0.120. The van der Waals surface area contributed by atoms with Crippen LogP contribution in [0, 0.1) is 5.92 Å². The second-order valence-corrected chi connectivity index (χ2v) is 6.44. The third-order valence-corrected chi connectivity index (χ3v) is 4.57. The molecule has 0 bridgehead atoms. The second-order valence-electron chi connectivity index (χ2n) is 6.44. The predicted molar refractivity (Wildman–Crippen MR) is 79.8 cm³/mol. The van der Waals surface area contributed by atoms with Crippen LogP contribution in [0.1, 0.15) is 46.0 Å². The van der Waals surface area contributed by atoms with Crippen LogP contribution in [0.15, 0.2) is 0 Å². The van der Waals surface area contributed by atoms with E-state index < -0.39 is 0 Å². The van der Waals surface area contributed by atoms with Gasteiger partial charge < -0.3 is 10.6 Å². The molecule has 0 aliphatic heterocycles.